The van der Waals surface area contributed by atoms with Gasteiger partial charge in [-0.3, -0.25) is 4.79 Å². The highest BCUT2D eigenvalue weighted by atomic mass is 16.6. The molecule has 0 fully saturated rings. The van der Waals surface area contributed by atoms with Crippen LogP contribution in [0.25, 0.3) is 0 Å². The molecule has 0 spiro atoms. The number of esters is 1. The van der Waals surface area contributed by atoms with E-state index in [4.69, 9.17) is 18.9 Å². The Kier molecular flexibility index (Phi) is 6.30. The molecule has 0 saturated heterocycles. The van der Waals surface area contributed by atoms with E-state index in [-0.39, 0.29) is 24.1 Å². The molecule has 7 nitrogen and oxygen atoms in total. The van der Waals surface area contributed by atoms with Gasteiger partial charge in [0.1, 0.15) is 13.2 Å². The first kappa shape index (κ1) is 21.0. The molecule has 1 aliphatic heterocycles. The van der Waals surface area contributed by atoms with Gasteiger partial charge >= 0.3 is 5.97 Å². The molecule has 7 heteroatoms. The van der Waals surface area contributed by atoms with Gasteiger partial charge in [-0.1, -0.05) is 18.2 Å². The maximum absolute atomic E-state index is 12.5. The maximum Gasteiger partial charge on any atom is 0.338 e. The normalized spacial score (nSPS) is 15.4. The number of aryl methyl sites for hydroxylation is 2. The Balaban J connectivity index is 1.35. The Hall–Kier alpha value is -3.22. The molecule has 2 aromatic rings. The van der Waals surface area contributed by atoms with Gasteiger partial charge in [0.05, 0.1) is 18.7 Å². The Morgan fingerprint density at radius 3 is 2.65 bits per heavy atom. The van der Waals surface area contributed by atoms with Gasteiger partial charge in [0, 0.05) is 0 Å². The average molecular weight is 425 g/mol. The number of carbonyl (C=O) groups is 2. The summed E-state index contributed by atoms with van der Waals surface area (Å²) < 4.78 is 21.5. The highest BCUT2D eigenvalue weighted by Gasteiger charge is 2.22. The standard InChI is InChI=1S/C24H27NO6/c1-15(17-8-7-16-5-3-4-6-18(16)11-17)25-22(26)14-31-24(27)19-12-20(28-2)23-21(13-19)29-9-10-30-23/h7-8,11-13,15H,3-6,9-10,14H2,1-2H3,(H,25,26)/t15-/m0/s1. The molecule has 2 aliphatic rings. The van der Waals surface area contributed by atoms with E-state index in [0.717, 1.165) is 18.4 Å². The van der Waals surface area contributed by atoms with E-state index in [2.05, 4.69) is 23.5 Å². The van der Waals surface area contributed by atoms with Crippen molar-refractivity contribution in [2.45, 2.75) is 38.6 Å². The fourth-order valence-electron chi connectivity index (χ4n) is 3.99. The zero-order valence-electron chi connectivity index (χ0n) is 17.9. The Morgan fingerprint density at radius 1 is 1.06 bits per heavy atom. The third kappa shape index (κ3) is 4.76. The van der Waals surface area contributed by atoms with Crippen LogP contribution in [0.4, 0.5) is 0 Å². The minimum atomic E-state index is -0.633. The summed E-state index contributed by atoms with van der Waals surface area (Å²) in [7, 11) is 1.48. The van der Waals surface area contributed by atoms with Crippen molar-refractivity contribution < 1.29 is 28.5 Å². The van der Waals surface area contributed by atoms with Gasteiger partial charge in [0.15, 0.2) is 18.1 Å². The summed E-state index contributed by atoms with van der Waals surface area (Å²) in [6.45, 7) is 2.36. The Labute approximate surface area is 181 Å². The molecular formula is C24H27NO6. The summed E-state index contributed by atoms with van der Waals surface area (Å²) in [5, 5.41) is 2.90. The number of benzene rings is 2. The van der Waals surface area contributed by atoms with Crippen LogP contribution < -0.4 is 19.5 Å². The molecule has 164 valence electrons. The average Bonchev–Trinajstić information content (AvgIpc) is 2.81. The van der Waals surface area contributed by atoms with Gasteiger partial charge in [-0.15, -0.1) is 0 Å². The fourth-order valence-corrected chi connectivity index (χ4v) is 3.99. The Morgan fingerprint density at radius 2 is 1.84 bits per heavy atom. The summed E-state index contributed by atoms with van der Waals surface area (Å²) in [6, 6.07) is 9.26. The number of fused-ring (bicyclic) bond motifs is 2. The second kappa shape index (κ2) is 9.29. The molecule has 4 rings (SSSR count). The lowest BCUT2D eigenvalue weighted by Crippen LogP contribution is -2.31. The summed E-state index contributed by atoms with van der Waals surface area (Å²) >= 11 is 0. The third-order valence-electron chi connectivity index (χ3n) is 5.65. The Bertz CT molecular complexity index is 969. The summed E-state index contributed by atoms with van der Waals surface area (Å²) in [5.41, 5.74) is 4.05. The predicted molar refractivity (Wildman–Crippen MR) is 114 cm³/mol. The predicted octanol–water partition coefficient (Wildman–Crippen LogP) is 3.38. The van der Waals surface area contributed by atoms with Crippen molar-refractivity contribution in [1.29, 1.82) is 0 Å². The number of rotatable bonds is 6. The maximum atomic E-state index is 12.5. The van der Waals surface area contributed by atoms with Gasteiger partial charge in [-0.05, 0) is 61.4 Å². The van der Waals surface area contributed by atoms with Gasteiger partial charge in [0.2, 0.25) is 5.75 Å². The fraction of sp³-hybridized carbons (Fsp3) is 0.417. The summed E-state index contributed by atoms with van der Waals surface area (Å²) in [4.78, 5) is 24.8. The largest absolute Gasteiger partial charge is 0.493 e. The number of amides is 1. The molecule has 1 N–H and O–H groups in total. The van der Waals surface area contributed by atoms with Crippen LogP contribution in [0.5, 0.6) is 17.2 Å². The van der Waals surface area contributed by atoms with Crippen molar-refractivity contribution in [2.75, 3.05) is 26.9 Å². The summed E-state index contributed by atoms with van der Waals surface area (Å²) in [6.07, 6.45) is 4.65. The second-order valence-electron chi connectivity index (χ2n) is 7.80. The van der Waals surface area contributed by atoms with E-state index in [1.165, 1.54) is 43.2 Å². The van der Waals surface area contributed by atoms with Crippen LogP contribution in [0.15, 0.2) is 30.3 Å². The van der Waals surface area contributed by atoms with Crippen LogP contribution in [0.1, 0.15) is 52.9 Å². The van der Waals surface area contributed by atoms with Crippen molar-refractivity contribution >= 4 is 11.9 Å². The van der Waals surface area contributed by atoms with E-state index in [9.17, 15) is 9.59 Å². The molecule has 1 atom stereocenters. The van der Waals surface area contributed by atoms with Gasteiger partial charge < -0.3 is 24.3 Å². The first-order chi connectivity index (χ1) is 15.0. The molecule has 0 radical (unpaired) electrons. The van der Waals surface area contributed by atoms with Gasteiger partial charge in [0.25, 0.3) is 5.91 Å². The van der Waals surface area contributed by atoms with Crippen LogP contribution in [0.3, 0.4) is 0 Å². The minimum Gasteiger partial charge on any atom is -0.493 e. The first-order valence-corrected chi connectivity index (χ1v) is 10.6. The topological polar surface area (TPSA) is 83.1 Å². The van der Waals surface area contributed by atoms with Crippen LogP contribution >= 0.6 is 0 Å². The zero-order chi connectivity index (χ0) is 21.8. The highest BCUT2D eigenvalue weighted by Crippen LogP contribution is 2.40. The van der Waals surface area contributed by atoms with Gasteiger partial charge in [-0.2, -0.15) is 0 Å². The molecule has 31 heavy (non-hydrogen) atoms. The number of hydrogen-bond acceptors (Lipinski definition) is 6. The lowest BCUT2D eigenvalue weighted by Gasteiger charge is -2.21. The van der Waals surface area contributed by atoms with E-state index in [1.54, 1.807) is 0 Å². The van der Waals surface area contributed by atoms with Crippen molar-refractivity contribution in [1.82, 2.24) is 5.32 Å². The van der Waals surface area contributed by atoms with Crippen molar-refractivity contribution in [2.24, 2.45) is 0 Å². The summed E-state index contributed by atoms with van der Waals surface area (Å²) in [5.74, 6) is 0.273. The quantitative estimate of drug-likeness (QED) is 0.715. The lowest BCUT2D eigenvalue weighted by molar-refractivity contribution is -0.124. The van der Waals surface area contributed by atoms with E-state index >= 15 is 0 Å². The molecular weight excluding hydrogens is 398 g/mol. The minimum absolute atomic E-state index is 0.173. The molecule has 1 amide bonds. The van der Waals surface area contributed by atoms with Crippen molar-refractivity contribution in [3.05, 3.63) is 52.6 Å². The zero-order valence-corrected chi connectivity index (χ0v) is 17.9. The van der Waals surface area contributed by atoms with Crippen LogP contribution in [-0.2, 0) is 22.4 Å². The van der Waals surface area contributed by atoms with Crippen molar-refractivity contribution in [3.63, 3.8) is 0 Å². The monoisotopic (exact) mass is 425 g/mol. The number of nitrogens with one attached hydrogen (secondary N) is 1. The first-order valence-electron chi connectivity index (χ1n) is 10.6. The SMILES string of the molecule is COc1cc(C(=O)OCC(=O)N[C@@H](C)c2ccc3c(c2)CCCC3)cc2c1OCCO2. The van der Waals surface area contributed by atoms with E-state index in [0.29, 0.717) is 30.5 Å². The highest BCUT2D eigenvalue weighted by molar-refractivity contribution is 5.93. The number of ether oxygens (including phenoxy) is 4. The van der Waals surface area contributed by atoms with Crippen LogP contribution in [0, 0.1) is 0 Å². The van der Waals surface area contributed by atoms with E-state index in [1.807, 2.05) is 6.92 Å². The number of hydrogen-bond donors (Lipinski definition) is 1. The second-order valence-corrected chi connectivity index (χ2v) is 7.80. The van der Waals surface area contributed by atoms with Crippen LogP contribution in [-0.4, -0.2) is 38.8 Å². The van der Waals surface area contributed by atoms with Gasteiger partial charge in [-0.25, -0.2) is 4.79 Å². The smallest absolute Gasteiger partial charge is 0.338 e. The number of carbonyl (C=O) groups excluding carboxylic acids is 2. The molecule has 0 bridgehead atoms. The van der Waals surface area contributed by atoms with Crippen molar-refractivity contribution in [3.8, 4) is 17.2 Å². The lowest BCUT2D eigenvalue weighted by atomic mass is 9.89. The van der Waals surface area contributed by atoms with E-state index < -0.39 is 5.97 Å². The molecule has 1 heterocycles. The molecule has 2 aromatic carbocycles. The number of methoxy groups -OCH3 is 1. The molecule has 0 aromatic heterocycles. The molecule has 0 unspecified atom stereocenters. The molecule has 1 aliphatic carbocycles. The molecule has 0 saturated carbocycles. The third-order valence-corrected chi connectivity index (χ3v) is 5.65. The van der Waals surface area contributed by atoms with Crippen LogP contribution in [0.2, 0.25) is 0 Å².